The van der Waals surface area contributed by atoms with Gasteiger partial charge in [-0.1, -0.05) is 48.0 Å². The van der Waals surface area contributed by atoms with Gasteiger partial charge in [-0.05, 0) is 34.5 Å². The first-order chi connectivity index (χ1) is 5.90. The maximum absolute atomic E-state index is 2.52. The van der Waals surface area contributed by atoms with Crippen LogP contribution in [0.4, 0.5) is 0 Å². The Morgan fingerprint density at radius 1 is 1.23 bits per heavy atom. The molecule has 5 unspecified atom stereocenters. The van der Waals surface area contributed by atoms with Gasteiger partial charge in [-0.15, -0.1) is 0 Å². The number of hydrogen-bond donors (Lipinski definition) is 0. The first kappa shape index (κ1) is 9.55. The second-order valence-electron chi connectivity index (χ2n) is 6.19. The van der Waals surface area contributed by atoms with Gasteiger partial charge in [0.2, 0.25) is 0 Å². The molecule has 0 heterocycles. The van der Waals surface area contributed by atoms with Crippen LogP contribution in [0.1, 0.15) is 48.0 Å². The Morgan fingerprint density at radius 3 is 2.00 bits per heavy atom. The molecule has 0 amide bonds. The molecule has 0 N–H and O–H groups in total. The quantitative estimate of drug-likeness (QED) is 0.603. The maximum atomic E-state index is 2.52. The van der Waals surface area contributed by atoms with Crippen molar-refractivity contribution < 1.29 is 0 Å². The minimum absolute atomic E-state index is 0.670. The summed E-state index contributed by atoms with van der Waals surface area (Å²) in [6.07, 6.45) is 1.37. The number of hydrogen-bond acceptors (Lipinski definition) is 0. The van der Waals surface area contributed by atoms with Crippen LogP contribution in [-0.2, 0) is 0 Å². The summed E-state index contributed by atoms with van der Waals surface area (Å²) in [5.74, 6) is 3.90. The van der Waals surface area contributed by atoms with Gasteiger partial charge in [0.25, 0.3) is 0 Å². The lowest BCUT2D eigenvalue weighted by Crippen LogP contribution is -2.44. The third-order valence-electron chi connectivity index (χ3n) is 5.75. The van der Waals surface area contributed by atoms with Crippen LogP contribution in [0, 0.1) is 34.5 Å². The summed E-state index contributed by atoms with van der Waals surface area (Å²) in [6, 6.07) is 0. The molecule has 0 aromatic carbocycles. The zero-order valence-electron chi connectivity index (χ0n) is 10.0. The van der Waals surface area contributed by atoms with E-state index in [0.717, 1.165) is 29.1 Å². The van der Waals surface area contributed by atoms with E-state index in [2.05, 4.69) is 41.5 Å². The molecule has 0 spiro atoms. The smallest absolute Gasteiger partial charge is 0.0225 e. The van der Waals surface area contributed by atoms with Crippen molar-refractivity contribution in [2.45, 2.75) is 48.0 Å². The highest BCUT2D eigenvalue weighted by Crippen LogP contribution is 2.85. The van der Waals surface area contributed by atoms with Crippen LogP contribution >= 0.6 is 0 Å². The summed E-state index contributed by atoms with van der Waals surface area (Å²) >= 11 is 0. The molecular formula is C13H24. The molecule has 0 heteroatoms. The van der Waals surface area contributed by atoms with Crippen molar-refractivity contribution >= 4 is 0 Å². The van der Waals surface area contributed by atoms with E-state index in [1.807, 2.05) is 0 Å². The molecule has 0 aromatic heterocycles. The molecule has 2 saturated carbocycles. The molecule has 0 nitrogen and oxygen atoms in total. The predicted octanol–water partition coefficient (Wildman–Crippen LogP) is 3.96. The third kappa shape index (κ3) is 0.789. The normalized spacial score (nSPS) is 58.8. The summed E-state index contributed by atoms with van der Waals surface area (Å²) in [7, 11) is 0. The lowest BCUT2D eigenvalue weighted by molar-refractivity contribution is -0.0175. The van der Waals surface area contributed by atoms with E-state index in [1.54, 1.807) is 0 Å². The zero-order chi connectivity index (χ0) is 10.0. The highest BCUT2D eigenvalue weighted by molar-refractivity contribution is 5.27. The fraction of sp³-hybridized carbons (Fsp3) is 1.00. The molecule has 0 bridgehead atoms. The van der Waals surface area contributed by atoms with Gasteiger partial charge >= 0.3 is 0 Å². The molecule has 13 heavy (non-hydrogen) atoms. The summed E-state index contributed by atoms with van der Waals surface area (Å²) in [6.45, 7) is 14.7. The molecular weight excluding hydrogens is 156 g/mol. The first-order valence-electron chi connectivity index (χ1n) is 5.90. The van der Waals surface area contributed by atoms with Crippen molar-refractivity contribution in [3.05, 3.63) is 0 Å². The van der Waals surface area contributed by atoms with Crippen LogP contribution in [-0.4, -0.2) is 0 Å². The van der Waals surface area contributed by atoms with Crippen molar-refractivity contribution in [2.24, 2.45) is 34.5 Å². The second kappa shape index (κ2) is 2.32. The Hall–Kier alpha value is 0. The SMILES string of the molecule is CCC1(C)C(C)C2(C)C(C(C)C)C12. The molecule has 0 radical (unpaired) electrons. The number of fused-ring (bicyclic) bond motifs is 1. The molecule has 2 fully saturated rings. The lowest BCUT2D eigenvalue weighted by Gasteiger charge is -2.50. The second-order valence-corrected chi connectivity index (χ2v) is 6.19. The number of rotatable bonds is 2. The average Bonchev–Trinajstić information content (AvgIpc) is 2.69. The van der Waals surface area contributed by atoms with E-state index in [-0.39, 0.29) is 0 Å². The Morgan fingerprint density at radius 2 is 1.77 bits per heavy atom. The average molecular weight is 180 g/mol. The molecule has 0 aromatic rings. The molecule has 76 valence electrons. The van der Waals surface area contributed by atoms with Crippen LogP contribution in [0.3, 0.4) is 0 Å². The van der Waals surface area contributed by atoms with E-state index in [4.69, 9.17) is 0 Å². The topological polar surface area (TPSA) is 0 Å². The zero-order valence-corrected chi connectivity index (χ0v) is 10.0. The van der Waals surface area contributed by atoms with Crippen molar-refractivity contribution in [3.8, 4) is 0 Å². The lowest BCUT2D eigenvalue weighted by atomic mass is 9.55. The minimum Gasteiger partial charge on any atom is -0.0648 e. The van der Waals surface area contributed by atoms with Gasteiger partial charge < -0.3 is 0 Å². The van der Waals surface area contributed by atoms with E-state index >= 15 is 0 Å². The predicted molar refractivity (Wildman–Crippen MR) is 57.5 cm³/mol. The molecule has 0 saturated heterocycles. The van der Waals surface area contributed by atoms with Crippen molar-refractivity contribution in [1.29, 1.82) is 0 Å². The van der Waals surface area contributed by atoms with E-state index in [9.17, 15) is 0 Å². The van der Waals surface area contributed by atoms with Gasteiger partial charge in [-0.25, -0.2) is 0 Å². The fourth-order valence-corrected chi connectivity index (χ4v) is 4.76. The van der Waals surface area contributed by atoms with E-state index < -0.39 is 0 Å². The molecule has 2 rings (SSSR count). The first-order valence-corrected chi connectivity index (χ1v) is 5.90. The summed E-state index contributed by atoms with van der Waals surface area (Å²) in [5.41, 5.74) is 1.39. The Labute approximate surface area is 83.1 Å². The third-order valence-corrected chi connectivity index (χ3v) is 5.75. The Kier molecular flexibility index (Phi) is 1.71. The van der Waals surface area contributed by atoms with Gasteiger partial charge in [0, 0.05) is 0 Å². The van der Waals surface area contributed by atoms with Crippen LogP contribution < -0.4 is 0 Å². The highest BCUT2D eigenvalue weighted by Gasteiger charge is 2.80. The van der Waals surface area contributed by atoms with Gasteiger partial charge in [0.05, 0.1) is 0 Å². The van der Waals surface area contributed by atoms with Crippen molar-refractivity contribution in [2.75, 3.05) is 0 Å². The van der Waals surface area contributed by atoms with E-state index in [1.165, 1.54) is 6.42 Å². The summed E-state index contributed by atoms with van der Waals surface area (Å²) in [5, 5.41) is 0. The largest absolute Gasteiger partial charge is 0.0648 e. The van der Waals surface area contributed by atoms with E-state index in [0.29, 0.717) is 5.41 Å². The summed E-state index contributed by atoms with van der Waals surface area (Å²) in [4.78, 5) is 0. The fourth-order valence-electron chi connectivity index (χ4n) is 4.76. The van der Waals surface area contributed by atoms with Crippen molar-refractivity contribution in [3.63, 3.8) is 0 Å². The van der Waals surface area contributed by atoms with Gasteiger partial charge in [-0.3, -0.25) is 0 Å². The molecule has 2 aliphatic carbocycles. The van der Waals surface area contributed by atoms with Crippen LogP contribution in [0.2, 0.25) is 0 Å². The highest BCUT2D eigenvalue weighted by atomic mass is 14.8. The van der Waals surface area contributed by atoms with Crippen LogP contribution in [0.5, 0.6) is 0 Å². The van der Waals surface area contributed by atoms with Gasteiger partial charge in [-0.2, -0.15) is 0 Å². The molecule has 0 aliphatic heterocycles. The summed E-state index contributed by atoms with van der Waals surface area (Å²) < 4.78 is 0. The molecule has 5 atom stereocenters. The maximum Gasteiger partial charge on any atom is -0.0225 e. The Bertz CT molecular complexity index is 230. The Balaban J connectivity index is 2.20. The van der Waals surface area contributed by atoms with Crippen molar-refractivity contribution in [1.82, 2.24) is 0 Å². The van der Waals surface area contributed by atoms with Crippen LogP contribution in [0.25, 0.3) is 0 Å². The van der Waals surface area contributed by atoms with Gasteiger partial charge in [0.1, 0.15) is 0 Å². The van der Waals surface area contributed by atoms with Crippen LogP contribution in [0.15, 0.2) is 0 Å². The van der Waals surface area contributed by atoms with Gasteiger partial charge in [0.15, 0.2) is 0 Å². The standard InChI is InChI=1S/C13H24/c1-7-12(5)9(4)13(6)10(8(2)3)11(12)13/h8-11H,7H2,1-6H3. The minimum atomic E-state index is 0.670. The monoisotopic (exact) mass is 180 g/mol. The molecule has 2 aliphatic rings.